The minimum Gasteiger partial charge on any atom is -0.349 e. The SMILES string of the molecule is Cc1nc2c(C(=O)N[C@H]3CCCC[C@H]3C)cnn2c(C)c1Cc1ccccc1Cl. The first-order valence-electron chi connectivity index (χ1n) is 10.3. The predicted molar refractivity (Wildman–Crippen MR) is 116 cm³/mol. The first-order chi connectivity index (χ1) is 14.0. The van der Waals surface area contributed by atoms with Gasteiger partial charge in [-0.1, -0.05) is 49.6 Å². The molecule has 0 bridgehead atoms. The van der Waals surface area contributed by atoms with Crippen molar-refractivity contribution in [1.29, 1.82) is 0 Å². The van der Waals surface area contributed by atoms with Crippen LogP contribution in [0.3, 0.4) is 0 Å². The van der Waals surface area contributed by atoms with Gasteiger partial charge in [0.15, 0.2) is 5.65 Å². The summed E-state index contributed by atoms with van der Waals surface area (Å²) in [6.07, 6.45) is 6.95. The van der Waals surface area contributed by atoms with Gasteiger partial charge in [0.05, 0.1) is 6.20 Å². The fraction of sp³-hybridized carbons (Fsp3) is 0.435. The van der Waals surface area contributed by atoms with Crippen molar-refractivity contribution in [2.75, 3.05) is 0 Å². The highest BCUT2D eigenvalue weighted by Crippen LogP contribution is 2.26. The van der Waals surface area contributed by atoms with Gasteiger partial charge >= 0.3 is 0 Å². The molecule has 2 aromatic heterocycles. The van der Waals surface area contributed by atoms with E-state index < -0.39 is 0 Å². The maximum Gasteiger partial charge on any atom is 0.256 e. The fourth-order valence-corrected chi connectivity index (χ4v) is 4.54. The lowest BCUT2D eigenvalue weighted by Crippen LogP contribution is -2.41. The maximum absolute atomic E-state index is 13.0. The van der Waals surface area contributed by atoms with Crippen LogP contribution in [0.25, 0.3) is 5.65 Å². The van der Waals surface area contributed by atoms with Gasteiger partial charge in [-0.2, -0.15) is 5.10 Å². The molecule has 0 spiro atoms. The van der Waals surface area contributed by atoms with E-state index in [2.05, 4.69) is 17.3 Å². The van der Waals surface area contributed by atoms with E-state index in [-0.39, 0.29) is 11.9 Å². The van der Waals surface area contributed by atoms with Crippen LogP contribution in [-0.2, 0) is 6.42 Å². The molecule has 1 aliphatic carbocycles. The van der Waals surface area contributed by atoms with Crippen LogP contribution in [0.2, 0.25) is 5.02 Å². The van der Waals surface area contributed by atoms with Crippen molar-refractivity contribution < 1.29 is 4.79 Å². The van der Waals surface area contributed by atoms with E-state index in [1.54, 1.807) is 10.7 Å². The zero-order valence-electron chi connectivity index (χ0n) is 17.2. The summed E-state index contributed by atoms with van der Waals surface area (Å²) in [5.74, 6) is 0.428. The van der Waals surface area contributed by atoms with E-state index >= 15 is 0 Å². The number of fused-ring (bicyclic) bond motifs is 1. The normalized spacial score (nSPS) is 19.4. The number of aromatic nitrogens is 3. The Morgan fingerprint density at radius 1 is 1.24 bits per heavy atom. The second-order valence-corrected chi connectivity index (χ2v) is 8.57. The largest absolute Gasteiger partial charge is 0.349 e. The molecular weight excluding hydrogens is 384 g/mol. The van der Waals surface area contributed by atoms with E-state index in [9.17, 15) is 4.79 Å². The van der Waals surface area contributed by atoms with Crippen LogP contribution >= 0.6 is 11.6 Å². The molecule has 6 heteroatoms. The molecule has 0 aliphatic heterocycles. The molecule has 0 radical (unpaired) electrons. The summed E-state index contributed by atoms with van der Waals surface area (Å²) < 4.78 is 1.78. The lowest BCUT2D eigenvalue weighted by atomic mass is 9.86. The third kappa shape index (κ3) is 3.88. The number of amides is 1. The van der Waals surface area contributed by atoms with E-state index in [1.807, 2.05) is 38.1 Å². The third-order valence-corrected chi connectivity index (χ3v) is 6.58. The molecule has 2 heterocycles. The van der Waals surface area contributed by atoms with Gasteiger partial charge in [0.1, 0.15) is 5.56 Å². The van der Waals surface area contributed by atoms with Gasteiger partial charge in [-0.25, -0.2) is 9.50 Å². The maximum atomic E-state index is 13.0. The van der Waals surface area contributed by atoms with Gasteiger partial charge in [-0.3, -0.25) is 4.79 Å². The first-order valence-corrected chi connectivity index (χ1v) is 10.7. The van der Waals surface area contributed by atoms with Gasteiger partial charge in [-0.15, -0.1) is 0 Å². The standard InChI is InChI=1S/C23H27ClN4O/c1-14-8-4-7-11-21(14)27-23(29)19-13-25-28-16(3)18(15(2)26-22(19)28)12-17-9-5-6-10-20(17)24/h5-6,9-10,13-14,21H,4,7-8,11-12H2,1-3H3,(H,27,29)/t14-,21+/m1/s1. The van der Waals surface area contributed by atoms with Gasteiger partial charge in [0.2, 0.25) is 0 Å². The van der Waals surface area contributed by atoms with Crippen LogP contribution in [-0.4, -0.2) is 26.5 Å². The molecule has 1 amide bonds. The van der Waals surface area contributed by atoms with Crippen LogP contribution in [0, 0.1) is 19.8 Å². The Hall–Kier alpha value is -2.40. The summed E-state index contributed by atoms with van der Waals surface area (Å²) in [6.45, 7) is 6.22. The van der Waals surface area contributed by atoms with Crippen molar-refractivity contribution >= 4 is 23.2 Å². The summed E-state index contributed by atoms with van der Waals surface area (Å²) in [4.78, 5) is 17.7. The zero-order valence-corrected chi connectivity index (χ0v) is 18.0. The number of aryl methyl sites for hydroxylation is 2. The fourth-order valence-electron chi connectivity index (χ4n) is 4.34. The number of hydrogen-bond acceptors (Lipinski definition) is 3. The lowest BCUT2D eigenvalue weighted by molar-refractivity contribution is 0.0912. The van der Waals surface area contributed by atoms with Crippen LogP contribution in [0.1, 0.15) is 65.5 Å². The summed E-state index contributed by atoms with van der Waals surface area (Å²) >= 11 is 6.35. The summed E-state index contributed by atoms with van der Waals surface area (Å²) in [5.41, 5.74) is 5.18. The number of benzene rings is 1. The molecule has 1 saturated carbocycles. The number of rotatable bonds is 4. The molecule has 4 rings (SSSR count). The number of hydrogen-bond donors (Lipinski definition) is 1. The van der Waals surface area contributed by atoms with Crippen LogP contribution < -0.4 is 5.32 Å². The zero-order chi connectivity index (χ0) is 20.5. The van der Waals surface area contributed by atoms with E-state index in [4.69, 9.17) is 16.6 Å². The minimum atomic E-state index is -0.0797. The second-order valence-electron chi connectivity index (χ2n) is 8.16. The highest BCUT2D eigenvalue weighted by Gasteiger charge is 2.25. The van der Waals surface area contributed by atoms with E-state index in [1.165, 1.54) is 19.3 Å². The van der Waals surface area contributed by atoms with Crippen molar-refractivity contribution in [3.8, 4) is 0 Å². The molecule has 152 valence electrons. The summed E-state index contributed by atoms with van der Waals surface area (Å²) in [6, 6.07) is 8.07. The molecule has 3 aromatic rings. The quantitative estimate of drug-likeness (QED) is 0.665. The minimum absolute atomic E-state index is 0.0797. The monoisotopic (exact) mass is 410 g/mol. The van der Waals surface area contributed by atoms with Crippen LogP contribution in [0.5, 0.6) is 0 Å². The van der Waals surface area contributed by atoms with Crippen LogP contribution in [0.15, 0.2) is 30.5 Å². The van der Waals surface area contributed by atoms with E-state index in [0.717, 1.165) is 34.0 Å². The number of nitrogens with one attached hydrogen (secondary N) is 1. The average molecular weight is 411 g/mol. The molecule has 5 nitrogen and oxygen atoms in total. The number of halogens is 1. The van der Waals surface area contributed by atoms with Crippen molar-refractivity contribution in [1.82, 2.24) is 19.9 Å². The Kier molecular flexibility index (Phi) is 5.59. The summed E-state index contributed by atoms with van der Waals surface area (Å²) in [7, 11) is 0. The molecule has 0 saturated heterocycles. The molecule has 1 fully saturated rings. The molecule has 29 heavy (non-hydrogen) atoms. The first kappa shape index (κ1) is 19.9. The number of nitrogens with zero attached hydrogens (tertiary/aromatic N) is 3. The average Bonchev–Trinajstić information content (AvgIpc) is 3.12. The highest BCUT2D eigenvalue weighted by atomic mass is 35.5. The lowest BCUT2D eigenvalue weighted by Gasteiger charge is -2.29. The Labute approximate surface area is 176 Å². The van der Waals surface area contributed by atoms with E-state index in [0.29, 0.717) is 23.5 Å². The van der Waals surface area contributed by atoms with Gasteiger partial charge in [0, 0.05) is 28.9 Å². The molecule has 1 aromatic carbocycles. The number of carbonyl (C=O) groups is 1. The van der Waals surface area contributed by atoms with Gasteiger partial charge in [0.25, 0.3) is 5.91 Å². The second kappa shape index (κ2) is 8.15. The molecule has 1 N–H and O–H groups in total. The molecule has 2 atom stereocenters. The number of carbonyl (C=O) groups excluding carboxylic acids is 1. The van der Waals surface area contributed by atoms with Crippen molar-refractivity contribution in [2.45, 2.75) is 58.9 Å². The predicted octanol–water partition coefficient (Wildman–Crippen LogP) is 4.90. The van der Waals surface area contributed by atoms with Crippen molar-refractivity contribution in [3.05, 3.63) is 63.6 Å². The van der Waals surface area contributed by atoms with Crippen molar-refractivity contribution in [3.63, 3.8) is 0 Å². The highest BCUT2D eigenvalue weighted by molar-refractivity contribution is 6.31. The smallest absolute Gasteiger partial charge is 0.256 e. The van der Waals surface area contributed by atoms with Gasteiger partial charge in [-0.05, 0) is 49.8 Å². The molecular formula is C23H27ClN4O. The molecule has 0 unspecified atom stereocenters. The topological polar surface area (TPSA) is 59.3 Å². The Morgan fingerprint density at radius 2 is 2.00 bits per heavy atom. The van der Waals surface area contributed by atoms with Crippen molar-refractivity contribution in [2.24, 2.45) is 5.92 Å². The van der Waals surface area contributed by atoms with Crippen LogP contribution in [0.4, 0.5) is 0 Å². The third-order valence-electron chi connectivity index (χ3n) is 6.21. The Balaban J connectivity index is 1.65. The Bertz CT molecular complexity index is 1060. The summed E-state index contributed by atoms with van der Waals surface area (Å²) in [5, 5.41) is 8.44. The Morgan fingerprint density at radius 3 is 2.76 bits per heavy atom. The van der Waals surface area contributed by atoms with Gasteiger partial charge < -0.3 is 5.32 Å². The molecule has 1 aliphatic rings.